The first-order chi connectivity index (χ1) is 9.99. The summed E-state index contributed by atoms with van der Waals surface area (Å²) in [6, 6.07) is 0. The van der Waals surface area contributed by atoms with Gasteiger partial charge in [0.25, 0.3) is 5.56 Å². The van der Waals surface area contributed by atoms with Crippen molar-refractivity contribution in [2.75, 3.05) is 0 Å². The lowest BCUT2D eigenvalue weighted by Crippen LogP contribution is -2.40. The SMILES string of the molecule is CCCCCCCCCn1cc(C(C)=O)c(=O)n(C)c1=O. The van der Waals surface area contributed by atoms with E-state index in [9.17, 15) is 14.4 Å². The molecule has 0 radical (unpaired) electrons. The molecule has 0 amide bonds. The smallest absolute Gasteiger partial charge is 0.300 e. The standard InChI is InChI=1S/C16H26N2O3/c1-4-5-6-7-8-9-10-11-18-12-14(13(2)19)15(20)17(3)16(18)21/h12H,4-11H2,1-3H3. The maximum absolute atomic E-state index is 12.0. The first-order valence-corrected chi connectivity index (χ1v) is 7.80. The van der Waals surface area contributed by atoms with Crippen LogP contribution < -0.4 is 11.2 Å². The number of hydrogen-bond acceptors (Lipinski definition) is 3. The summed E-state index contributed by atoms with van der Waals surface area (Å²) in [4.78, 5) is 35.2. The van der Waals surface area contributed by atoms with Crippen LogP contribution in [0.15, 0.2) is 15.8 Å². The van der Waals surface area contributed by atoms with Crippen molar-refractivity contribution in [1.82, 2.24) is 9.13 Å². The Morgan fingerprint density at radius 2 is 1.62 bits per heavy atom. The van der Waals surface area contributed by atoms with E-state index in [-0.39, 0.29) is 17.0 Å². The molecule has 0 unspecified atom stereocenters. The molecule has 5 heteroatoms. The van der Waals surface area contributed by atoms with Gasteiger partial charge < -0.3 is 0 Å². The molecule has 0 bridgehead atoms. The van der Waals surface area contributed by atoms with E-state index in [1.165, 1.54) is 56.8 Å². The number of aryl methyl sites for hydroxylation is 1. The molecule has 1 rings (SSSR count). The highest BCUT2D eigenvalue weighted by molar-refractivity contribution is 5.93. The maximum atomic E-state index is 12.0. The molecule has 118 valence electrons. The first kappa shape index (κ1) is 17.4. The van der Waals surface area contributed by atoms with Crippen LogP contribution >= 0.6 is 0 Å². The Balaban J connectivity index is 2.62. The minimum absolute atomic E-state index is 0.0834. The van der Waals surface area contributed by atoms with Crippen molar-refractivity contribution in [3.63, 3.8) is 0 Å². The van der Waals surface area contributed by atoms with E-state index in [1.807, 2.05) is 0 Å². The normalized spacial score (nSPS) is 10.8. The Morgan fingerprint density at radius 3 is 2.19 bits per heavy atom. The summed E-state index contributed by atoms with van der Waals surface area (Å²) >= 11 is 0. The number of carbonyl (C=O) groups is 1. The van der Waals surface area contributed by atoms with E-state index >= 15 is 0 Å². The Labute approximate surface area is 125 Å². The molecule has 0 spiro atoms. The lowest BCUT2D eigenvalue weighted by atomic mass is 10.1. The number of Topliss-reactive ketones (excluding diaryl/α,β-unsaturated/α-hetero) is 1. The van der Waals surface area contributed by atoms with Gasteiger partial charge in [-0.3, -0.25) is 18.7 Å². The lowest BCUT2D eigenvalue weighted by Gasteiger charge is -2.09. The highest BCUT2D eigenvalue weighted by Gasteiger charge is 2.11. The summed E-state index contributed by atoms with van der Waals surface area (Å²) in [5.41, 5.74) is -0.778. The van der Waals surface area contributed by atoms with Crippen molar-refractivity contribution in [2.45, 2.75) is 65.3 Å². The average Bonchev–Trinajstić information content (AvgIpc) is 2.45. The van der Waals surface area contributed by atoms with E-state index < -0.39 is 5.56 Å². The van der Waals surface area contributed by atoms with Crippen molar-refractivity contribution in [3.05, 3.63) is 32.6 Å². The molecule has 0 aromatic carbocycles. The fraction of sp³-hybridized carbons (Fsp3) is 0.688. The Morgan fingerprint density at radius 1 is 1.05 bits per heavy atom. The summed E-state index contributed by atoms with van der Waals surface area (Å²) in [7, 11) is 1.42. The summed E-state index contributed by atoms with van der Waals surface area (Å²) in [6.07, 6.45) is 9.54. The number of carbonyl (C=O) groups excluding carboxylic acids is 1. The van der Waals surface area contributed by atoms with E-state index in [2.05, 4.69) is 6.92 Å². The highest BCUT2D eigenvalue weighted by Crippen LogP contribution is 2.07. The van der Waals surface area contributed by atoms with Gasteiger partial charge in [-0.15, -0.1) is 0 Å². The predicted molar refractivity (Wildman–Crippen MR) is 83.9 cm³/mol. The van der Waals surface area contributed by atoms with E-state index in [0.717, 1.165) is 17.4 Å². The van der Waals surface area contributed by atoms with Gasteiger partial charge in [0.2, 0.25) is 0 Å². The Hall–Kier alpha value is -1.65. The zero-order valence-corrected chi connectivity index (χ0v) is 13.4. The van der Waals surface area contributed by atoms with Gasteiger partial charge >= 0.3 is 5.69 Å². The summed E-state index contributed by atoms with van der Waals surface area (Å²) in [6.45, 7) is 4.10. The van der Waals surface area contributed by atoms with Gasteiger partial charge in [0, 0.05) is 19.8 Å². The van der Waals surface area contributed by atoms with Crippen LogP contribution in [0.5, 0.6) is 0 Å². The zero-order valence-electron chi connectivity index (χ0n) is 13.4. The van der Waals surface area contributed by atoms with Crippen LogP contribution in [0.25, 0.3) is 0 Å². The molecule has 0 N–H and O–H groups in total. The van der Waals surface area contributed by atoms with Crippen LogP contribution in [-0.2, 0) is 13.6 Å². The van der Waals surface area contributed by atoms with Crippen LogP contribution in [0.1, 0.15) is 69.2 Å². The monoisotopic (exact) mass is 294 g/mol. The number of hydrogen-bond donors (Lipinski definition) is 0. The van der Waals surface area contributed by atoms with Crippen molar-refractivity contribution >= 4 is 5.78 Å². The van der Waals surface area contributed by atoms with Gasteiger partial charge in [0.05, 0.1) is 5.56 Å². The van der Waals surface area contributed by atoms with Crippen LogP contribution in [0.2, 0.25) is 0 Å². The van der Waals surface area contributed by atoms with Crippen molar-refractivity contribution in [2.24, 2.45) is 7.05 Å². The van der Waals surface area contributed by atoms with Gasteiger partial charge in [0.15, 0.2) is 5.78 Å². The van der Waals surface area contributed by atoms with E-state index in [0.29, 0.717) is 6.54 Å². The average molecular weight is 294 g/mol. The molecular weight excluding hydrogens is 268 g/mol. The van der Waals surface area contributed by atoms with Crippen LogP contribution in [0.3, 0.4) is 0 Å². The maximum Gasteiger partial charge on any atom is 0.330 e. The third-order valence-electron chi connectivity index (χ3n) is 3.73. The van der Waals surface area contributed by atoms with Crippen molar-refractivity contribution < 1.29 is 4.79 Å². The van der Waals surface area contributed by atoms with Gasteiger partial charge in [-0.25, -0.2) is 4.79 Å². The number of nitrogens with zero attached hydrogens (tertiary/aromatic N) is 2. The number of rotatable bonds is 9. The van der Waals surface area contributed by atoms with E-state index in [4.69, 9.17) is 0 Å². The zero-order chi connectivity index (χ0) is 15.8. The fourth-order valence-electron chi connectivity index (χ4n) is 2.37. The van der Waals surface area contributed by atoms with Gasteiger partial charge in [-0.05, 0) is 13.3 Å². The number of unbranched alkanes of at least 4 members (excludes halogenated alkanes) is 6. The van der Waals surface area contributed by atoms with Gasteiger partial charge in [-0.2, -0.15) is 0 Å². The summed E-state index contributed by atoms with van der Waals surface area (Å²) in [5, 5.41) is 0. The molecule has 0 saturated heterocycles. The third-order valence-corrected chi connectivity index (χ3v) is 3.73. The molecule has 0 aliphatic rings. The predicted octanol–water partition coefficient (Wildman–Crippen LogP) is 2.50. The van der Waals surface area contributed by atoms with Crippen LogP contribution in [0, 0.1) is 0 Å². The molecule has 0 atom stereocenters. The molecule has 1 aromatic rings. The Bertz CT molecular complexity index is 584. The number of ketones is 1. The Kier molecular flexibility index (Phi) is 7.12. The van der Waals surface area contributed by atoms with Crippen LogP contribution in [0.4, 0.5) is 0 Å². The van der Waals surface area contributed by atoms with Gasteiger partial charge in [0.1, 0.15) is 0 Å². The molecule has 0 saturated carbocycles. The molecule has 1 aromatic heterocycles. The summed E-state index contributed by atoms with van der Waals surface area (Å²) in [5.74, 6) is -0.302. The molecule has 21 heavy (non-hydrogen) atoms. The number of aromatic nitrogens is 2. The second-order valence-corrected chi connectivity index (χ2v) is 5.56. The highest BCUT2D eigenvalue weighted by atomic mass is 16.2. The van der Waals surface area contributed by atoms with Crippen molar-refractivity contribution in [1.29, 1.82) is 0 Å². The minimum Gasteiger partial charge on any atom is -0.300 e. The molecular formula is C16H26N2O3. The largest absolute Gasteiger partial charge is 0.330 e. The quantitative estimate of drug-likeness (QED) is 0.519. The first-order valence-electron chi connectivity index (χ1n) is 7.80. The lowest BCUT2D eigenvalue weighted by molar-refractivity contribution is 0.101. The fourth-order valence-corrected chi connectivity index (χ4v) is 2.37. The van der Waals surface area contributed by atoms with E-state index in [1.54, 1.807) is 0 Å². The molecule has 5 nitrogen and oxygen atoms in total. The molecule has 0 aliphatic heterocycles. The molecule has 0 aliphatic carbocycles. The second-order valence-electron chi connectivity index (χ2n) is 5.56. The van der Waals surface area contributed by atoms with Gasteiger partial charge in [-0.1, -0.05) is 45.4 Å². The topological polar surface area (TPSA) is 61.1 Å². The van der Waals surface area contributed by atoms with Crippen molar-refractivity contribution in [3.8, 4) is 0 Å². The minimum atomic E-state index is -0.511. The molecule has 1 heterocycles. The van der Waals surface area contributed by atoms with Crippen LogP contribution in [-0.4, -0.2) is 14.9 Å². The molecule has 0 fully saturated rings. The second kappa shape index (κ2) is 8.60. The summed E-state index contributed by atoms with van der Waals surface area (Å²) < 4.78 is 2.49. The third kappa shape index (κ3) is 4.99.